The van der Waals surface area contributed by atoms with Crippen LogP contribution in [0.15, 0.2) is 40.9 Å². The Bertz CT molecular complexity index is 756. The molecule has 1 aliphatic heterocycles. The van der Waals surface area contributed by atoms with Crippen LogP contribution >= 0.6 is 15.9 Å². The minimum atomic E-state index is -0.194. The van der Waals surface area contributed by atoms with Crippen LogP contribution in [-0.2, 0) is 11.2 Å². The molecule has 3 rings (SSSR count). The van der Waals surface area contributed by atoms with E-state index in [1.807, 2.05) is 31.2 Å². The maximum atomic E-state index is 12.3. The number of halogens is 1. The molecule has 21 heavy (non-hydrogen) atoms. The van der Waals surface area contributed by atoms with E-state index in [-0.39, 0.29) is 11.8 Å². The van der Waals surface area contributed by atoms with E-state index < -0.39 is 0 Å². The highest BCUT2D eigenvalue weighted by atomic mass is 79.9. The monoisotopic (exact) mass is 344 g/mol. The van der Waals surface area contributed by atoms with Crippen LogP contribution in [0.5, 0.6) is 0 Å². The molecular weight excluding hydrogens is 332 g/mol. The number of nitrogens with one attached hydrogen (secondary N) is 2. The van der Waals surface area contributed by atoms with Crippen LogP contribution in [0.3, 0.4) is 0 Å². The van der Waals surface area contributed by atoms with Gasteiger partial charge in [-0.3, -0.25) is 9.59 Å². The highest BCUT2D eigenvalue weighted by Crippen LogP contribution is 2.25. The van der Waals surface area contributed by atoms with E-state index in [4.69, 9.17) is 0 Å². The standard InChI is InChI=1S/C16H13BrN2O2/c1-9-6-12(4-5-13(9)17)18-16(21)11-3-2-10-8-15(20)19-14(10)7-11/h2-7H,8H2,1H3,(H,18,21)(H,19,20). The SMILES string of the molecule is Cc1cc(NC(=O)c2ccc3c(c2)NC(=O)C3)ccc1Br. The molecule has 2 N–H and O–H groups in total. The number of aryl methyl sites for hydroxylation is 1. The number of anilines is 2. The lowest BCUT2D eigenvalue weighted by atomic mass is 10.1. The van der Waals surface area contributed by atoms with Gasteiger partial charge in [0.25, 0.3) is 5.91 Å². The largest absolute Gasteiger partial charge is 0.326 e. The Labute approximate surface area is 130 Å². The molecule has 0 aromatic heterocycles. The molecule has 0 fully saturated rings. The van der Waals surface area contributed by atoms with Crippen molar-refractivity contribution in [3.05, 3.63) is 57.6 Å². The van der Waals surface area contributed by atoms with Gasteiger partial charge >= 0.3 is 0 Å². The number of carbonyl (C=O) groups is 2. The summed E-state index contributed by atoms with van der Waals surface area (Å²) in [6, 6.07) is 10.9. The van der Waals surface area contributed by atoms with Crippen LogP contribution in [0.25, 0.3) is 0 Å². The molecule has 0 spiro atoms. The van der Waals surface area contributed by atoms with Gasteiger partial charge in [-0.2, -0.15) is 0 Å². The molecule has 0 saturated heterocycles. The number of rotatable bonds is 2. The quantitative estimate of drug-likeness (QED) is 0.875. The average Bonchev–Trinajstić information content (AvgIpc) is 2.82. The zero-order valence-corrected chi connectivity index (χ0v) is 13.0. The number of carbonyl (C=O) groups excluding carboxylic acids is 2. The average molecular weight is 345 g/mol. The summed E-state index contributed by atoms with van der Waals surface area (Å²) in [5.74, 6) is -0.230. The van der Waals surface area contributed by atoms with E-state index in [9.17, 15) is 9.59 Å². The molecule has 0 radical (unpaired) electrons. The molecule has 4 nitrogen and oxygen atoms in total. The van der Waals surface area contributed by atoms with Gasteiger partial charge in [0.05, 0.1) is 6.42 Å². The Kier molecular flexibility index (Phi) is 3.51. The lowest BCUT2D eigenvalue weighted by Gasteiger charge is -2.08. The first-order chi connectivity index (χ1) is 10.0. The number of benzene rings is 2. The lowest BCUT2D eigenvalue weighted by Crippen LogP contribution is -2.12. The van der Waals surface area contributed by atoms with E-state index >= 15 is 0 Å². The van der Waals surface area contributed by atoms with E-state index in [1.165, 1.54) is 0 Å². The Morgan fingerprint density at radius 3 is 2.81 bits per heavy atom. The van der Waals surface area contributed by atoms with Gasteiger partial charge in [-0.25, -0.2) is 0 Å². The number of hydrogen-bond donors (Lipinski definition) is 2. The molecule has 1 aliphatic rings. The van der Waals surface area contributed by atoms with Crippen molar-refractivity contribution in [2.45, 2.75) is 13.3 Å². The molecule has 2 aromatic rings. The van der Waals surface area contributed by atoms with Crippen LogP contribution in [0.4, 0.5) is 11.4 Å². The fourth-order valence-electron chi connectivity index (χ4n) is 2.28. The molecule has 106 valence electrons. The van der Waals surface area contributed by atoms with Crippen LogP contribution in [0.1, 0.15) is 21.5 Å². The van der Waals surface area contributed by atoms with Gasteiger partial charge in [-0.1, -0.05) is 22.0 Å². The maximum absolute atomic E-state index is 12.3. The van der Waals surface area contributed by atoms with Gasteiger partial charge < -0.3 is 10.6 Å². The van der Waals surface area contributed by atoms with Gasteiger partial charge in [0.15, 0.2) is 0 Å². The zero-order valence-electron chi connectivity index (χ0n) is 11.4. The smallest absolute Gasteiger partial charge is 0.255 e. The molecule has 0 aliphatic carbocycles. The Morgan fingerprint density at radius 2 is 2.05 bits per heavy atom. The fraction of sp³-hybridized carbons (Fsp3) is 0.125. The van der Waals surface area contributed by atoms with Crippen LogP contribution in [0.2, 0.25) is 0 Å². The van der Waals surface area contributed by atoms with Crippen molar-refractivity contribution in [3.63, 3.8) is 0 Å². The zero-order chi connectivity index (χ0) is 15.0. The predicted molar refractivity (Wildman–Crippen MR) is 85.6 cm³/mol. The van der Waals surface area contributed by atoms with E-state index in [1.54, 1.807) is 12.1 Å². The highest BCUT2D eigenvalue weighted by molar-refractivity contribution is 9.10. The summed E-state index contributed by atoms with van der Waals surface area (Å²) in [4.78, 5) is 23.6. The van der Waals surface area contributed by atoms with Crippen LogP contribution < -0.4 is 10.6 Å². The van der Waals surface area contributed by atoms with Gasteiger partial charge in [-0.05, 0) is 48.4 Å². The molecule has 2 amide bonds. The third kappa shape index (κ3) is 2.83. The van der Waals surface area contributed by atoms with Gasteiger partial charge in [0.2, 0.25) is 5.91 Å². The molecule has 2 aromatic carbocycles. The Balaban J connectivity index is 1.81. The van der Waals surface area contributed by atoms with Crippen molar-refractivity contribution in [3.8, 4) is 0 Å². The van der Waals surface area contributed by atoms with Crippen LogP contribution in [-0.4, -0.2) is 11.8 Å². The molecule has 1 heterocycles. The van der Waals surface area contributed by atoms with Gasteiger partial charge in [-0.15, -0.1) is 0 Å². The van der Waals surface area contributed by atoms with Gasteiger partial charge in [0, 0.05) is 21.4 Å². The van der Waals surface area contributed by atoms with Gasteiger partial charge in [0.1, 0.15) is 0 Å². The van der Waals surface area contributed by atoms with Crippen LogP contribution in [0, 0.1) is 6.92 Å². The summed E-state index contributed by atoms with van der Waals surface area (Å²) in [7, 11) is 0. The summed E-state index contributed by atoms with van der Waals surface area (Å²) in [6.45, 7) is 1.96. The third-order valence-electron chi connectivity index (χ3n) is 3.41. The fourth-order valence-corrected chi connectivity index (χ4v) is 2.53. The summed E-state index contributed by atoms with van der Waals surface area (Å²) >= 11 is 3.43. The summed E-state index contributed by atoms with van der Waals surface area (Å²) in [5, 5.41) is 5.60. The minimum absolute atomic E-state index is 0.0360. The number of amides is 2. The van der Waals surface area contributed by atoms with Crippen molar-refractivity contribution in [2.24, 2.45) is 0 Å². The number of hydrogen-bond acceptors (Lipinski definition) is 2. The second-order valence-corrected chi connectivity index (χ2v) is 5.87. The van der Waals surface area contributed by atoms with Crippen molar-refractivity contribution in [1.29, 1.82) is 0 Å². The number of fused-ring (bicyclic) bond motifs is 1. The molecule has 5 heteroatoms. The van der Waals surface area contributed by atoms with Crippen molar-refractivity contribution in [1.82, 2.24) is 0 Å². The Morgan fingerprint density at radius 1 is 1.24 bits per heavy atom. The van der Waals surface area contributed by atoms with E-state index in [0.29, 0.717) is 12.0 Å². The lowest BCUT2D eigenvalue weighted by molar-refractivity contribution is -0.115. The molecule has 0 atom stereocenters. The van der Waals surface area contributed by atoms with E-state index in [2.05, 4.69) is 26.6 Å². The minimum Gasteiger partial charge on any atom is -0.326 e. The molecule has 0 saturated carbocycles. The summed E-state index contributed by atoms with van der Waals surface area (Å²) < 4.78 is 1.00. The molecular formula is C16H13BrN2O2. The second-order valence-electron chi connectivity index (χ2n) is 5.01. The maximum Gasteiger partial charge on any atom is 0.255 e. The normalized spacial score (nSPS) is 12.8. The first-order valence-corrected chi connectivity index (χ1v) is 7.32. The van der Waals surface area contributed by atoms with E-state index in [0.717, 1.165) is 27.0 Å². The summed E-state index contributed by atoms with van der Waals surface area (Å²) in [6.07, 6.45) is 0.378. The first-order valence-electron chi connectivity index (χ1n) is 6.53. The van der Waals surface area contributed by atoms with Crippen molar-refractivity contribution in [2.75, 3.05) is 10.6 Å². The molecule has 0 unspecified atom stereocenters. The Hall–Kier alpha value is -2.14. The third-order valence-corrected chi connectivity index (χ3v) is 4.30. The topological polar surface area (TPSA) is 58.2 Å². The summed E-state index contributed by atoms with van der Waals surface area (Å²) in [5.41, 5.74) is 3.96. The van der Waals surface area contributed by atoms with Crippen molar-refractivity contribution >= 4 is 39.1 Å². The first kappa shape index (κ1) is 13.8. The second kappa shape index (κ2) is 5.33. The predicted octanol–water partition coefficient (Wildman–Crippen LogP) is 3.50. The molecule has 0 bridgehead atoms. The van der Waals surface area contributed by atoms with Crippen molar-refractivity contribution < 1.29 is 9.59 Å². The highest BCUT2D eigenvalue weighted by Gasteiger charge is 2.19.